The van der Waals surface area contributed by atoms with Crippen LogP contribution in [0.15, 0.2) is 23.4 Å². The summed E-state index contributed by atoms with van der Waals surface area (Å²) in [6, 6.07) is 6.37. The van der Waals surface area contributed by atoms with Gasteiger partial charge in [0.25, 0.3) is 0 Å². The Labute approximate surface area is 152 Å². The third-order valence-electron chi connectivity index (χ3n) is 4.76. The average Bonchev–Trinajstić information content (AvgIpc) is 3.07. The van der Waals surface area contributed by atoms with Crippen molar-refractivity contribution in [3.63, 3.8) is 0 Å². The highest BCUT2D eigenvalue weighted by molar-refractivity contribution is 8.00. The number of carbonyl (C=O) groups is 1. The van der Waals surface area contributed by atoms with Crippen LogP contribution in [0.5, 0.6) is 0 Å². The Morgan fingerprint density at radius 1 is 1.24 bits per heavy atom. The van der Waals surface area contributed by atoms with E-state index >= 15 is 0 Å². The van der Waals surface area contributed by atoms with Gasteiger partial charge in [-0.05, 0) is 55.2 Å². The number of anilines is 1. The van der Waals surface area contributed by atoms with E-state index in [1.165, 1.54) is 31.0 Å². The summed E-state index contributed by atoms with van der Waals surface area (Å²) in [5.74, 6) is -0.0272. The van der Waals surface area contributed by atoms with Crippen molar-refractivity contribution in [3.8, 4) is 0 Å². The van der Waals surface area contributed by atoms with Crippen LogP contribution in [0.4, 0.5) is 5.69 Å². The molecule has 1 aliphatic rings. The Kier molecular flexibility index (Phi) is 5.73. The molecule has 3 rings (SSSR count). The number of aromatic nitrogens is 4. The molecule has 1 atom stereocenters. The van der Waals surface area contributed by atoms with Crippen LogP contribution < -0.4 is 5.32 Å². The van der Waals surface area contributed by atoms with E-state index in [-0.39, 0.29) is 11.2 Å². The number of tetrazole rings is 1. The van der Waals surface area contributed by atoms with Crippen LogP contribution in [-0.4, -0.2) is 31.4 Å². The van der Waals surface area contributed by atoms with Gasteiger partial charge in [-0.2, -0.15) is 0 Å². The molecule has 7 heteroatoms. The third-order valence-corrected chi connectivity index (χ3v) is 5.81. The van der Waals surface area contributed by atoms with Crippen LogP contribution in [-0.2, 0) is 4.79 Å². The minimum absolute atomic E-state index is 0.0272. The number of aryl methyl sites for hydroxylation is 2. The number of carbonyl (C=O) groups excluding carboxylic acids is 1. The molecule has 1 heterocycles. The van der Waals surface area contributed by atoms with Gasteiger partial charge in [0.15, 0.2) is 0 Å². The summed E-state index contributed by atoms with van der Waals surface area (Å²) in [5.41, 5.74) is 3.03. The molecule has 1 amide bonds. The number of thioether (sulfide) groups is 1. The fourth-order valence-electron chi connectivity index (χ4n) is 3.27. The van der Waals surface area contributed by atoms with Gasteiger partial charge in [-0.25, -0.2) is 4.68 Å². The van der Waals surface area contributed by atoms with Crippen LogP contribution in [0.1, 0.15) is 56.2 Å². The van der Waals surface area contributed by atoms with Crippen LogP contribution in [0.25, 0.3) is 0 Å². The number of nitrogens with zero attached hydrogens (tertiary/aromatic N) is 4. The number of benzene rings is 1. The van der Waals surface area contributed by atoms with Crippen molar-refractivity contribution in [1.29, 1.82) is 0 Å². The summed E-state index contributed by atoms with van der Waals surface area (Å²) in [4.78, 5) is 12.6. The summed E-state index contributed by atoms with van der Waals surface area (Å²) < 4.78 is 1.91. The maximum atomic E-state index is 12.6. The van der Waals surface area contributed by atoms with Crippen molar-refractivity contribution in [3.05, 3.63) is 29.3 Å². The molecule has 0 aliphatic heterocycles. The van der Waals surface area contributed by atoms with Gasteiger partial charge in [0, 0.05) is 5.69 Å². The van der Waals surface area contributed by atoms with Crippen molar-refractivity contribution in [2.45, 2.75) is 69.3 Å². The summed E-state index contributed by atoms with van der Waals surface area (Å²) in [5, 5.41) is 15.7. The predicted molar refractivity (Wildman–Crippen MR) is 99.8 cm³/mol. The maximum absolute atomic E-state index is 12.6. The molecule has 0 bridgehead atoms. The predicted octanol–water partition coefficient (Wildman–Crippen LogP) is 3.91. The molecule has 1 N–H and O–H groups in total. The van der Waals surface area contributed by atoms with Crippen molar-refractivity contribution in [2.75, 3.05) is 5.32 Å². The zero-order valence-electron chi connectivity index (χ0n) is 15.0. The Morgan fingerprint density at radius 3 is 2.60 bits per heavy atom. The van der Waals surface area contributed by atoms with Gasteiger partial charge >= 0.3 is 0 Å². The van der Waals surface area contributed by atoms with Crippen LogP contribution >= 0.6 is 11.8 Å². The Hall–Kier alpha value is -1.89. The molecule has 1 saturated carbocycles. The molecule has 1 unspecified atom stereocenters. The van der Waals surface area contributed by atoms with Crippen molar-refractivity contribution in [2.24, 2.45) is 0 Å². The highest BCUT2D eigenvalue weighted by Crippen LogP contribution is 2.31. The van der Waals surface area contributed by atoms with Gasteiger partial charge in [0.05, 0.1) is 11.3 Å². The maximum Gasteiger partial charge on any atom is 0.237 e. The molecule has 1 aromatic heterocycles. The molecule has 6 nitrogen and oxygen atoms in total. The second kappa shape index (κ2) is 7.99. The largest absolute Gasteiger partial charge is 0.325 e. The Morgan fingerprint density at radius 2 is 1.92 bits per heavy atom. The lowest BCUT2D eigenvalue weighted by molar-refractivity contribution is -0.115. The fraction of sp³-hybridized carbons (Fsp3) is 0.556. The highest BCUT2D eigenvalue weighted by Gasteiger charge is 2.24. The lowest BCUT2D eigenvalue weighted by Crippen LogP contribution is -2.24. The van der Waals surface area contributed by atoms with E-state index in [0.717, 1.165) is 34.8 Å². The van der Waals surface area contributed by atoms with Crippen LogP contribution in [0, 0.1) is 13.8 Å². The van der Waals surface area contributed by atoms with E-state index in [2.05, 4.69) is 20.8 Å². The smallest absolute Gasteiger partial charge is 0.237 e. The molecule has 2 aromatic rings. The zero-order chi connectivity index (χ0) is 17.8. The average molecular weight is 359 g/mol. The SMILES string of the molecule is Cc1cccc(C)c1NC(=O)C(C)Sc1nnnn1C1CCCCC1. The number of rotatable bonds is 5. The lowest BCUT2D eigenvalue weighted by atomic mass is 9.96. The molecular weight excluding hydrogens is 334 g/mol. The van der Waals surface area contributed by atoms with Gasteiger partial charge in [-0.15, -0.1) is 5.10 Å². The Balaban J connectivity index is 1.67. The lowest BCUT2D eigenvalue weighted by Gasteiger charge is -2.22. The first-order valence-corrected chi connectivity index (χ1v) is 9.76. The fourth-order valence-corrected chi connectivity index (χ4v) is 4.13. The second-order valence-electron chi connectivity index (χ2n) is 6.71. The van der Waals surface area contributed by atoms with E-state index in [0.29, 0.717) is 6.04 Å². The second-order valence-corrected chi connectivity index (χ2v) is 8.02. The van der Waals surface area contributed by atoms with E-state index in [9.17, 15) is 4.79 Å². The molecule has 0 spiro atoms. The van der Waals surface area contributed by atoms with Crippen molar-refractivity contribution < 1.29 is 4.79 Å². The Bertz CT molecular complexity index is 719. The number of nitrogens with one attached hydrogen (secondary N) is 1. The number of hydrogen-bond donors (Lipinski definition) is 1. The zero-order valence-corrected chi connectivity index (χ0v) is 15.8. The molecule has 0 radical (unpaired) electrons. The normalized spacial score (nSPS) is 16.6. The van der Waals surface area contributed by atoms with Gasteiger partial charge in [0.2, 0.25) is 11.1 Å². The quantitative estimate of drug-likeness (QED) is 0.819. The molecule has 1 aromatic carbocycles. The van der Waals surface area contributed by atoms with Crippen molar-refractivity contribution >= 4 is 23.4 Å². The van der Waals surface area contributed by atoms with E-state index in [4.69, 9.17) is 0 Å². The van der Waals surface area contributed by atoms with E-state index in [1.807, 2.05) is 43.7 Å². The minimum Gasteiger partial charge on any atom is -0.325 e. The molecule has 25 heavy (non-hydrogen) atoms. The minimum atomic E-state index is -0.271. The summed E-state index contributed by atoms with van der Waals surface area (Å²) in [6.07, 6.45) is 5.95. The van der Waals surface area contributed by atoms with Gasteiger partial charge in [0.1, 0.15) is 0 Å². The van der Waals surface area contributed by atoms with E-state index in [1.54, 1.807) is 0 Å². The third kappa shape index (κ3) is 4.21. The molecule has 134 valence electrons. The number of para-hydroxylation sites is 1. The highest BCUT2D eigenvalue weighted by atomic mass is 32.2. The topological polar surface area (TPSA) is 72.7 Å². The summed E-state index contributed by atoms with van der Waals surface area (Å²) in [7, 11) is 0. The standard InChI is InChI=1S/C18H25N5OS/c1-12-8-7-9-13(2)16(12)19-17(24)14(3)25-18-20-21-22-23(18)15-10-5-4-6-11-15/h7-9,14-15H,4-6,10-11H2,1-3H3,(H,19,24). The van der Waals surface area contributed by atoms with Crippen molar-refractivity contribution in [1.82, 2.24) is 20.2 Å². The van der Waals surface area contributed by atoms with Gasteiger partial charge in [-0.1, -0.05) is 49.2 Å². The number of hydrogen-bond acceptors (Lipinski definition) is 5. The first-order chi connectivity index (χ1) is 12.1. The molecule has 0 saturated heterocycles. The van der Waals surface area contributed by atoms with Gasteiger partial charge in [-0.3, -0.25) is 4.79 Å². The van der Waals surface area contributed by atoms with E-state index < -0.39 is 0 Å². The molecule has 1 aliphatic carbocycles. The first kappa shape index (κ1) is 17.9. The monoisotopic (exact) mass is 359 g/mol. The van der Waals surface area contributed by atoms with Gasteiger partial charge < -0.3 is 5.32 Å². The molecular formula is C18H25N5OS. The summed E-state index contributed by atoms with van der Waals surface area (Å²) in [6.45, 7) is 5.90. The molecule has 1 fully saturated rings. The number of amides is 1. The van der Waals surface area contributed by atoms with Crippen LogP contribution in [0.3, 0.4) is 0 Å². The van der Waals surface area contributed by atoms with Crippen LogP contribution in [0.2, 0.25) is 0 Å². The summed E-state index contributed by atoms with van der Waals surface area (Å²) >= 11 is 1.42. The first-order valence-electron chi connectivity index (χ1n) is 8.88.